The zero-order chi connectivity index (χ0) is 20.4. The van der Waals surface area contributed by atoms with E-state index >= 15 is 0 Å². The highest BCUT2D eigenvalue weighted by Crippen LogP contribution is 2.33. The van der Waals surface area contributed by atoms with Gasteiger partial charge in [0.1, 0.15) is 6.04 Å². The molecular formula is C20H25N5O3S. The third-order valence-corrected chi connectivity index (χ3v) is 7.07. The number of hydrazone groups is 1. The lowest BCUT2D eigenvalue weighted by atomic mass is 9.94. The van der Waals surface area contributed by atoms with Crippen molar-refractivity contribution in [2.24, 2.45) is 16.8 Å². The lowest BCUT2D eigenvalue weighted by molar-refractivity contribution is -0.135. The minimum atomic E-state index is -0.741. The molecule has 9 heteroatoms. The van der Waals surface area contributed by atoms with Crippen LogP contribution in [0.5, 0.6) is 0 Å². The third-order valence-electron chi connectivity index (χ3n) is 5.87. The molecule has 1 aromatic rings. The molecule has 1 unspecified atom stereocenters. The molecule has 3 atom stereocenters. The van der Waals surface area contributed by atoms with Crippen molar-refractivity contribution in [2.75, 3.05) is 12.4 Å². The third kappa shape index (κ3) is 4.16. The van der Waals surface area contributed by atoms with E-state index in [0.717, 1.165) is 25.7 Å². The predicted octanol–water partition coefficient (Wildman–Crippen LogP) is 0.647. The number of rotatable bonds is 5. The number of likely N-dealkylation sites (tertiary alicyclic amines) is 1. The molecule has 29 heavy (non-hydrogen) atoms. The van der Waals surface area contributed by atoms with Gasteiger partial charge in [-0.3, -0.25) is 14.9 Å². The van der Waals surface area contributed by atoms with Crippen molar-refractivity contribution in [3.63, 3.8) is 0 Å². The van der Waals surface area contributed by atoms with Gasteiger partial charge in [0.2, 0.25) is 5.91 Å². The summed E-state index contributed by atoms with van der Waals surface area (Å²) in [5, 5.41) is 6.67. The van der Waals surface area contributed by atoms with Crippen LogP contribution in [0.3, 0.4) is 0 Å². The fraction of sp³-hybridized carbons (Fsp3) is 0.500. The number of carbonyl (C=O) groups excluding carboxylic acids is 3. The maximum atomic E-state index is 13.3. The molecule has 3 amide bonds. The largest absolute Gasteiger partial charge is 0.350 e. The number of amides is 3. The van der Waals surface area contributed by atoms with Crippen molar-refractivity contribution >= 4 is 35.7 Å². The molecular weight excluding hydrogens is 390 g/mol. The molecule has 2 saturated heterocycles. The SMILES string of the molecule is NC(=O)NN=C[C@@H]1CCCN1C(=O)[C@H]1NCSC1C(=O)C1Cc2ccccc2C1. The Morgan fingerprint density at radius 1 is 1.24 bits per heavy atom. The number of thioether (sulfide) groups is 1. The summed E-state index contributed by atoms with van der Waals surface area (Å²) in [7, 11) is 0. The number of fused-ring (bicyclic) bond motifs is 1. The van der Waals surface area contributed by atoms with Gasteiger partial charge in [0.15, 0.2) is 5.78 Å². The smallest absolute Gasteiger partial charge is 0.332 e. The Kier molecular flexibility index (Phi) is 5.86. The van der Waals surface area contributed by atoms with E-state index in [0.29, 0.717) is 12.4 Å². The Hall–Kier alpha value is -2.39. The van der Waals surface area contributed by atoms with E-state index in [2.05, 4.69) is 28.0 Å². The number of Topliss-reactive ketones (excluding diaryl/α,β-unsaturated/α-hetero) is 1. The van der Waals surface area contributed by atoms with Crippen molar-refractivity contribution in [3.05, 3.63) is 35.4 Å². The minimum Gasteiger partial charge on any atom is -0.350 e. The van der Waals surface area contributed by atoms with Gasteiger partial charge in [0, 0.05) is 24.6 Å². The normalized spacial score (nSPS) is 26.8. The van der Waals surface area contributed by atoms with Gasteiger partial charge >= 0.3 is 6.03 Å². The molecule has 0 spiro atoms. The summed E-state index contributed by atoms with van der Waals surface area (Å²) in [5.41, 5.74) is 9.67. The Labute approximate surface area is 173 Å². The van der Waals surface area contributed by atoms with Crippen LogP contribution in [-0.2, 0) is 22.4 Å². The number of urea groups is 1. The summed E-state index contributed by atoms with van der Waals surface area (Å²) in [4.78, 5) is 39.0. The first-order valence-corrected chi connectivity index (χ1v) is 10.9. The van der Waals surface area contributed by atoms with Crippen LogP contribution < -0.4 is 16.5 Å². The Balaban J connectivity index is 1.42. The molecule has 0 bridgehead atoms. The summed E-state index contributed by atoms with van der Waals surface area (Å²) in [6, 6.07) is 6.72. The zero-order valence-electron chi connectivity index (χ0n) is 16.0. The second-order valence-electron chi connectivity index (χ2n) is 7.69. The van der Waals surface area contributed by atoms with E-state index < -0.39 is 12.1 Å². The van der Waals surface area contributed by atoms with E-state index in [1.54, 1.807) is 11.1 Å². The molecule has 0 radical (unpaired) electrons. The standard InChI is InChI=1S/C20H25N5O3S/c21-20(28)24-23-10-15-6-3-7-25(15)19(27)16-18(29-11-22-16)17(26)14-8-12-4-1-2-5-13(12)9-14/h1-2,4-5,10,14-16,18,22H,3,6-9,11H2,(H3,21,24,28)/t15-,16-,18?/m0/s1. The van der Waals surface area contributed by atoms with Gasteiger partial charge in [0.25, 0.3) is 0 Å². The van der Waals surface area contributed by atoms with E-state index in [9.17, 15) is 14.4 Å². The average molecular weight is 416 g/mol. The van der Waals surface area contributed by atoms with Crippen molar-refractivity contribution in [3.8, 4) is 0 Å². The van der Waals surface area contributed by atoms with Crippen LogP contribution in [0.15, 0.2) is 29.4 Å². The van der Waals surface area contributed by atoms with Crippen LogP contribution in [0.2, 0.25) is 0 Å². The molecule has 154 valence electrons. The highest BCUT2D eigenvalue weighted by atomic mass is 32.2. The highest BCUT2D eigenvalue weighted by molar-refractivity contribution is 8.00. The van der Waals surface area contributed by atoms with Crippen molar-refractivity contribution in [1.82, 2.24) is 15.6 Å². The second kappa shape index (κ2) is 8.54. The lowest BCUT2D eigenvalue weighted by Crippen LogP contribution is -2.52. The van der Waals surface area contributed by atoms with Gasteiger partial charge in [-0.25, -0.2) is 10.2 Å². The van der Waals surface area contributed by atoms with Crippen molar-refractivity contribution < 1.29 is 14.4 Å². The fourth-order valence-corrected chi connectivity index (χ4v) is 5.69. The summed E-state index contributed by atoms with van der Waals surface area (Å²) < 4.78 is 0. The molecule has 8 nitrogen and oxygen atoms in total. The van der Waals surface area contributed by atoms with Crippen LogP contribution in [-0.4, -0.2) is 58.6 Å². The maximum Gasteiger partial charge on any atom is 0.332 e. The van der Waals surface area contributed by atoms with Crippen LogP contribution >= 0.6 is 11.8 Å². The van der Waals surface area contributed by atoms with E-state index in [-0.39, 0.29) is 28.9 Å². The van der Waals surface area contributed by atoms with Crippen molar-refractivity contribution in [2.45, 2.75) is 43.0 Å². The van der Waals surface area contributed by atoms with Crippen LogP contribution in [0, 0.1) is 5.92 Å². The van der Waals surface area contributed by atoms with Gasteiger partial charge in [-0.1, -0.05) is 24.3 Å². The maximum absolute atomic E-state index is 13.3. The van der Waals surface area contributed by atoms with E-state index in [1.165, 1.54) is 22.9 Å². The molecule has 4 rings (SSSR count). The number of nitrogens with two attached hydrogens (primary N) is 1. The Morgan fingerprint density at radius 2 is 1.97 bits per heavy atom. The lowest BCUT2D eigenvalue weighted by Gasteiger charge is -2.28. The van der Waals surface area contributed by atoms with Crippen molar-refractivity contribution in [1.29, 1.82) is 0 Å². The topological polar surface area (TPSA) is 117 Å². The first-order chi connectivity index (χ1) is 14.0. The Bertz CT molecular complexity index is 820. The number of hydrogen-bond donors (Lipinski definition) is 3. The quantitative estimate of drug-likeness (QED) is 0.482. The first kappa shape index (κ1) is 19.9. The number of benzene rings is 1. The van der Waals surface area contributed by atoms with Gasteiger partial charge in [-0.2, -0.15) is 5.10 Å². The molecule has 1 aliphatic carbocycles. The number of nitrogens with one attached hydrogen (secondary N) is 2. The van der Waals surface area contributed by atoms with Gasteiger partial charge in [0.05, 0.1) is 11.3 Å². The van der Waals surface area contributed by atoms with E-state index in [1.807, 2.05) is 12.1 Å². The summed E-state index contributed by atoms with van der Waals surface area (Å²) in [6.07, 6.45) is 4.68. The fourth-order valence-electron chi connectivity index (χ4n) is 4.47. The molecule has 0 saturated carbocycles. The number of hydrogen-bond acceptors (Lipinski definition) is 6. The molecule has 3 aliphatic rings. The number of ketones is 1. The first-order valence-electron chi connectivity index (χ1n) is 9.89. The Morgan fingerprint density at radius 3 is 2.66 bits per heavy atom. The van der Waals surface area contributed by atoms with Crippen LogP contribution in [0.1, 0.15) is 24.0 Å². The summed E-state index contributed by atoms with van der Waals surface area (Å²) in [6.45, 7) is 0.616. The monoisotopic (exact) mass is 415 g/mol. The molecule has 1 aromatic carbocycles. The second-order valence-corrected chi connectivity index (χ2v) is 8.81. The summed E-state index contributed by atoms with van der Waals surface area (Å²) >= 11 is 1.52. The number of carbonyl (C=O) groups is 3. The summed E-state index contributed by atoms with van der Waals surface area (Å²) in [5.74, 6) is 0.615. The molecule has 2 fully saturated rings. The minimum absolute atomic E-state index is 0.0594. The highest BCUT2D eigenvalue weighted by Gasteiger charge is 2.45. The number of primary amides is 1. The zero-order valence-corrected chi connectivity index (χ0v) is 16.9. The van der Waals surface area contributed by atoms with Gasteiger partial charge in [-0.15, -0.1) is 11.8 Å². The average Bonchev–Trinajstić information content (AvgIpc) is 3.44. The molecule has 4 N–H and O–H groups in total. The molecule has 0 aromatic heterocycles. The van der Waals surface area contributed by atoms with Gasteiger partial charge in [-0.05, 0) is 36.8 Å². The molecule has 2 heterocycles. The van der Waals surface area contributed by atoms with Gasteiger partial charge < -0.3 is 10.6 Å². The van der Waals surface area contributed by atoms with Crippen LogP contribution in [0.4, 0.5) is 4.79 Å². The molecule has 2 aliphatic heterocycles. The number of nitrogens with zero attached hydrogens (tertiary/aromatic N) is 2. The van der Waals surface area contributed by atoms with Crippen LogP contribution in [0.25, 0.3) is 0 Å². The predicted molar refractivity (Wildman–Crippen MR) is 111 cm³/mol. The van der Waals surface area contributed by atoms with E-state index in [4.69, 9.17) is 5.73 Å².